The summed E-state index contributed by atoms with van der Waals surface area (Å²) in [6.45, 7) is 0. The van der Waals surface area contributed by atoms with Gasteiger partial charge in [-0.2, -0.15) is 0 Å². The standard InChI is InChI=1S/C14H18F2N2O/c15-10-6-4-5-9(13(10)16)14(19)18-12-8-3-1-2-7-11(12)17/h4-6,11-12H,1-3,7-8,17H2,(H,18,19). The van der Waals surface area contributed by atoms with Gasteiger partial charge in [0.1, 0.15) is 0 Å². The lowest BCUT2D eigenvalue weighted by atomic mass is 10.0. The zero-order valence-electron chi connectivity index (χ0n) is 10.7. The van der Waals surface area contributed by atoms with E-state index >= 15 is 0 Å². The van der Waals surface area contributed by atoms with Gasteiger partial charge in [-0.3, -0.25) is 4.79 Å². The fourth-order valence-corrected chi connectivity index (χ4v) is 2.44. The van der Waals surface area contributed by atoms with Crippen molar-refractivity contribution in [3.63, 3.8) is 0 Å². The first-order valence-electron chi connectivity index (χ1n) is 6.60. The Balaban J connectivity index is 2.09. The molecule has 1 saturated carbocycles. The van der Waals surface area contributed by atoms with Crippen LogP contribution in [0.4, 0.5) is 8.78 Å². The Kier molecular flexibility index (Phi) is 4.47. The molecule has 1 amide bonds. The molecule has 2 rings (SSSR count). The zero-order chi connectivity index (χ0) is 13.8. The molecule has 0 radical (unpaired) electrons. The third-order valence-electron chi connectivity index (χ3n) is 3.58. The molecule has 0 spiro atoms. The van der Waals surface area contributed by atoms with Crippen molar-refractivity contribution in [1.82, 2.24) is 5.32 Å². The van der Waals surface area contributed by atoms with Gasteiger partial charge >= 0.3 is 0 Å². The Morgan fingerprint density at radius 1 is 1.21 bits per heavy atom. The van der Waals surface area contributed by atoms with E-state index in [0.29, 0.717) is 0 Å². The van der Waals surface area contributed by atoms with E-state index < -0.39 is 17.5 Å². The molecule has 2 unspecified atom stereocenters. The van der Waals surface area contributed by atoms with Crippen LogP contribution in [0.25, 0.3) is 0 Å². The molecule has 1 aromatic rings. The number of benzene rings is 1. The number of carbonyl (C=O) groups is 1. The molecular weight excluding hydrogens is 250 g/mol. The molecule has 19 heavy (non-hydrogen) atoms. The van der Waals surface area contributed by atoms with E-state index in [4.69, 9.17) is 5.73 Å². The highest BCUT2D eigenvalue weighted by Gasteiger charge is 2.24. The predicted octanol–water partition coefficient (Wildman–Crippen LogP) is 2.35. The molecule has 0 aliphatic heterocycles. The Bertz CT molecular complexity index is 465. The molecule has 0 heterocycles. The summed E-state index contributed by atoms with van der Waals surface area (Å²) in [6, 6.07) is 3.29. The second kappa shape index (κ2) is 6.10. The van der Waals surface area contributed by atoms with Gasteiger partial charge in [0.15, 0.2) is 11.6 Å². The molecule has 104 valence electrons. The van der Waals surface area contributed by atoms with Gasteiger partial charge in [-0.05, 0) is 25.0 Å². The topological polar surface area (TPSA) is 55.1 Å². The minimum atomic E-state index is -1.11. The molecule has 0 bridgehead atoms. The zero-order valence-corrected chi connectivity index (χ0v) is 10.7. The van der Waals surface area contributed by atoms with E-state index in [1.165, 1.54) is 12.1 Å². The molecule has 3 N–H and O–H groups in total. The first-order valence-corrected chi connectivity index (χ1v) is 6.60. The van der Waals surface area contributed by atoms with Gasteiger partial charge < -0.3 is 11.1 Å². The van der Waals surface area contributed by atoms with Crippen molar-refractivity contribution in [2.24, 2.45) is 5.73 Å². The maximum Gasteiger partial charge on any atom is 0.254 e. The first kappa shape index (κ1) is 13.9. The number of hydrogen-bond acceptors (Lipinski definition) is 2. The summed E-state index contributed by atoms with van der Waals surface area (Å²) in [7, 11) is 0. The van der Waals surface area contributed by atoms with Crippen LogP contribution in [0, 0.1) is 11.6 Å². The van der Waals surface area contributed by atoms with Crippen LogP contribution in [0.15, 0.2) is 18.2 Å². The van der Waals surface area contributed by atoms with Gasteiger partial charge in [-0.1, -0.05) is 25.3 Å². The number of amides is 1. The van der Waals surface area contributed by atoms with Crippen LogP contribution in [-0.4, -0.2) is 18.0 Å². The van der Waals surface area contributed by atoms with E-state index in [2.05, 4.69) is 5.32 Å². The fraction of sp³-hybridized carbons (Fsp3) is 0.500. The average molecular weight is 268 g/mol. The van der Waals surface area contributed by atoms with Gasteiger partial charge in [-0.15, -0.1) is 0 Å². The third-order valence-corrected chi connectivity index (χ3v) is 3.58. The summed E-state index contributed by atoms with van der Waals surface area (Å²) < 4.78 is 26.6. The summed E-state index contributed by atoms with van der Waals surface area (Å²) in [6.07, 6.45) is 4.75. The molecule has 0 aromatic heterocycles. The average Bonchev–Trinajstić information content (AvgIpc) is 2.58. The van der Waals surface area contributed by atoms with Crippen molar-refractivity contribution in [2.75, 3.05) is 0 Å². The van der Waals surface area contributed by atoms with Crippen LogP contribution in [0.5, 0.6) is 0 Å². The Hall–Kier alpha value is -1.49. The number of nitrogens with two attached hydrogens (primary N) is 1. The molecule has 0 saturated heterocycles. The number of nitrogens with one attached hydrogen (secondary N) is 1. The predicted molar refractivity (Wildman–Crippen MR) is 68.7 cm³/mol. The summed E-state index contributed by atoms with van der Waals surface area (Å²) in [5, 5.41) is 2.72. The Morgan fingerprint density at radius 2 is 1.95 bits per heavy atom. The van der Waals surface area contributed by atoms with Crippen LogP contribution < -0.4 is 11.1 Å². The minimum Gasteiger partial charge on any atom is -0.348 e. The lowest BCUT2D eigenvalue weighted by molar-refractivity contribution is 0.0923. The van der Waals surface area contributed by atoms with E-state index in [9.17, 15) is 13.6 Å². The maximum absolute atomic E-state index is 13.5. The summed E-state index contributed by atoms with van der Waals surface area (Å²) in [4.78, 5) is 12.0. The van der Waals surface area contributed by atoms with Crippen molar-refractivity contribution in [2.45, 2.75) is 44.2 Å². The highest BCUT2D eigenvalue weighted by atomic mass is 19.2. The van der Waals surface area contributed by atoms with Crippen LogP contribution in [-0.2, 0) is 0 Å². The van der Waals surface area contributed by atoms with E-state index in [0.717, 1.165) is 38.2 Å². The van der Waals surface area contributed by atoms with E-state index in [1.54, 1.807) is 0 Å². The summed E-state index contributed by atoms with van der Waals surface area (Å²) >= 11 is 0. The third kappa shape index (κ3) is 3.29. The van der Waals surface area contributed by atoms with Gasteiger partial charge in [0, 0.05) is 12.1 Å². The quantitative estimate of drug-likeness (QED) is 0.809. The van der Waals surface area contributed by atoms with Crippen molar-refractivity contribution in [3.05, 3.63) is 35.4 Å². The van der Waals surface area contributed by atoms with Crippen molar-refractivity contribution in [3.8, 4) is 0 Å². The molecule has 1 aliphatic carbocycles. The molecule has 1 fully saturated rings. The lowest BCUT2D eigenvalue weighted by Gasteiger charge is -2.22. The van der Waals surface area contributed by atoms with Crippen LogP contribution in [0.2, 0.25) is 0 Å². The minimum absolute atomic E-state index is 0.122. The Morgan fingerprint density at radius 3 is 2.74 bits per heavy atom. The largest absolute Gasteiger partial charge is 0.348 e. The molecule has 1 aliphatic rings. The second-order valence-corrected chi connectivity index (χ2v) is 4.98. The highest BCUT2D eigenvalue weighted by molar-refractivity contribution is 5.94. The highest BCUT2D eigenvalue weighted by Crippen LogP contribution is 2.18. The van der Waals surface area contributed by atoms with Gasteiger partial charge in [0.25, 0.3) is 5.91 Å². The molecular formula is C14H18F2N2O. The number of halogens is 2. The number of rotatable bonds is 2. The molecule has 1 aromatic carbocycles. The smallest absolute Gasteiger partial charge is 0.254 e. The first-order chi connectivity index (χ1) is 9.09. The molecule has 3 nitrogen and oxygen atoms in total. The van der Waals surface area contributed by atoms with Crippen molar-refractivity contribution >= 4 is 5.91 Å². The van der Waals surface area contributed by atoms with Gasteiger partial charge in [-0.25, -0.2) is 8.78 Å². The van der Waals surface area contributed by atoms with Crippen LogP contribution in [0.1, 0.15) is 42.5 Å². The fourth-order valence-electron chi connectivity index (χ4n) is 2.44. The molecule has 5 heteroatoms. The molecule has 2 atom stereocenters. The summed E-state index contributed by atoms with van der Waals surface area (Å²) in [5.74, 6) is -2.72. The van der Waals surface area contributed by atoms with E-state index in [1.807, 2.05) is 0 Å². The second-order valence-electron chi connectivity index (χ2n) is 4.98. The van der Waals surface area contributed by atoms with Crippen LogP contribution in [0.3, 0.4) is 0 Å². The monoisotopic (exact) mass is 268 g/mol. The Labute approximate surface area is 111 Å². The SMILES string of the molecule is NC1CCCCCC1NC(=O)c1cccc(F)c1F. The van der Waals surface area contributed by atoms with Crippen molar-refractivity contribution < 1.29 is 13.6 Å². The maximum atomic E-state index is 13.5. The van der Waals surface area contributed by atoms with Crippen molar-refractivity contribution in [1.29, 1.82) is 0 Å². The lowest BCUT2D eigenvalue weighted by Crippen LogP contribution is -2.47. The number of hydrogen-bond donors (Lipinski definition) is 2. The van der Waals surface area contributed by atoms with E-state index in [-0.39, 0.29) is 17.6 Å². The van der Waals surface area contributed by atoms with Gasteiger partial charge in [0.05, 0.1) is 5.56 Å². The normalized spacial score (nSPS) is 23.7. The van der Waals surface area contributed by atoms with Crippen LogP contribution >= 0.6 is 0 Å². The number of carbonyl (C=O) groups excluding carboxylic acids is 1. The van der Waals surface area contributed by atoms with Gasteiger partial charge in [0.2, 0.25) is 0 Å². The summed E-state index contributed by atoms with van der Waals surface area (Å²) in [5.41, 5.74) is 5.72.